The fourth-order valence-electron chi connectivity index (χ4n) is 2.01. The lowest BCUT2D eigenvalue weighted by molar-refractivity contribution is -0.143. The van der Waals surface area contributed by atoms with Crippen LogP contribution in [0.25, 0.3) is 6.08 Å². The van der Waals surface area contributed by atoms with Crippen molar-refractivity contribution in [3.8, 4) is 0 Å². The predicted octanol–water partition coefficient (Wildman–Crippen LogP) is 3.52. The van der Waals surface area contributed by atoms with Gasteiger partial charge in [0.1, 0.15) is 0 Å². The fraction of sp³-hybridized carbons (Fsp3) is 0.158. The molecular formula is C19H18ClNO3. The number of esters is 1. The molecule has 2 aromatic rings. The van der Waals surface area contributed by atoms with Gasteiger partial charge in [-0.2, -0.15) is 0 Å². The van der Waals surface area contributed by atoms with Crippen molar-refractivity contribution >= 4 is 29.6 Å². The molecule has 0 aliphatic heterocycles. The summed E-state index contributed by atoms with van der Waals surface area (Å²) in [5.74, 6) is -0.946. The Bertz CT molecular complexity index is 756. The lowest BCUT2D eigenvalue weighted by Gasteiger charge is -2.07. The molecule has 0 fully saturated rings. The summed E-state index contributed by atoms with van der Waals surface area (Å²) in [5.41, 5.74) is 2.83. The summed E-state index contributed by atoms with van der Waals surface area (Å²) in [7, 11) is 0. The number of hydrogen-bond donors (Lipinski definition) is 1. The Morgan fingerprint density at radius 3 is 2.58 bits per heavy atom. The van der Waals surface area contributed by atoms with Crippen molar-refractivity contribution in [2.75, 3.05) is 6.61 Å². The number of amides is 1. The molecule has 0 spiro atoms. The molecular weight excluding hydrogens is 326 g/mol. The quantitative estimate of drug-likeness (QED) is 0.645. The molecule has 0 aromatic heterocycles. The number of halogens is 1. The molecule has 0 heterocycles. The van der Waals surface area contributed by atoms with Gasteiger partial charge in [-0.3, -0.25) is 4.79 Å². The molecule has 5 heteroatoms. The van der Waals surface area contributed by atoms with Gasteiger partial charge in [-0.1, -0.05) is 54.1 Å². The number of rotatable bonds is 6. The van der Waals surface area contributed by atoms with Crippen LogP contribution in [-0.2, 0) is 20.9 Å². The molecule has 0 aliphatic carbocycles. The van der Waals surface area contributed by atoms with Gasteiger partial charge >= 0.3 is 5.97 Å². The van der Waals surface area contributed by atoms with E-state index < -0.39 is 5.97 Å². The van der Waals surface area contributed by atoms with Crippen LogP contribution in [0.1, 0.15) is 16.7 Å². The Labute approximate surface area is 146 Å². The third-order valence-electron chi connectivity index (χ3n) is 3.39. The van der Waals surface area contributed by atoms with Gasteiger partial charge in [0, 0.05) is 17.6 Å². The van der Waals surface area contributed by atoms with E-state index in [9.17, 15) is 9.59 Å². The highest BCUT2D eigenvalue weighted by molar-refractivity contribution is 6.32. The molecule has 24 heavy (non-hydrogen) atoms. The van der Waals surface area contributed by atoms with Crippen molar-refractivity contribution in [2.24, 2.45) is 0 Å². The Morgan fingerprint density at radius 2 is 1.83 bits per heavy atom. The average Bonchev–Trinajstić information content (AvgIpc) is 2.58. The van der Waals surface area contributed by atoms with Crippen molar-refractivity contribution in [1.82, 2.24) is 5.32 Å². The summed E-state index contributed by atoms with van der Waals surface area (Å²) >= 11 is 5.98. The predicted molar refractivity (Wildman–Crippen MR) is 94.5 cm³/mol. The van der Waals surface area contributed by atoms with Crippen molar-refractivity contribution in [1.29, 1.82) is 0 Å². The molecule has 0 unspecified atom stereocenters. The maximum atomic E-state index is 11.7. The zero-order valence-electron chi connectivity index (χ0n) is 13.3. The van der Waals surface area contributed by atoms with Gasteiger partial charge in [-0.05, 0) is 35.8 Å². The van der Waals surface area contributed by atoms with Crippen molar-refractivity contribution in [3.63, 3.8) is 0 Å². The van der Waals surface area contributed by atoms with Crippen LogP contribution < -0.4 is 5.32 Å². The van der Waals surface area contributed by atoms with Crippen LogP contribution in [-0.4, -0.2) is 18.5 Å². The van der Waals surface area contributed by atoms with Gasteiger partial charge in [-0.25, -0.2) is 4.79 Å². The Kier molecular flexibility index (Phi) is 6.58. The van der Waals surface area contributed by atoms with Crippen molar-refractivity contribution in [3.05, 3.63) is 76.3 Å². The van der Waals surface area contributed by atoms with E-state index in [1.54, 1.807) is 24.3 Å². The van der Waals surface area contributed by atoms with Gasteiger partial charge in [0.25, 0.3) is 5.91 Å². The Hall–Kier alpha value is -2.59. The average molecular weight is 344 g/mol. The minimum atomic E-state index is -0.596. The highest BCUT2D eigenvalue weighted by Crippen LogP contribution is 2.16. The Balaban J connectivity index is 1.76. The maximum Gasteiger partial charge on any atom is 0.331 e. The SMILES string of the molecule is Cc1ccccc1CNC(=O)COC(=O)/C=C/c1ccccc1Cl. The molecule has 2 aromatic carbocycles. The first-order valence-electron chi connectivity index (χ1n) is 7.47. The van der Waals surface area contributed by atoms with Gasteiger partial charge in [0.05, 0.1) is 0 Å². The van der Waals surface area contributed by atoms with E-state index in [4.69, 9.17) is 16.3 Å². The van der Waals surface area contributed by atoms with E-state index in [0.29, 0.717) is 17.1 Å². The normalized spacial score (nSPS) is 10.6. The van der Waals surface area contributed by atoms with Crippen LogP contribution in [0.3, 0.4) is 0 Å². The summed E-state index contributed by atoms with van der Waals surface area (Å²) in [6, 6.07) is 14.9. The standard InChI is InChI=1S/C19H18ClNO3/c1-14-6-2-3-8-16(14)12-21-18(22)13-24-19(23)11-10-15-7-4-5-9-17(15)20/h2-11H,12-13H2,1H3,(H,21,22)/b11-10+. The smallest absolute Gasteiger partial charge is 0.331 e. The lowest BCUT2D eigenvalue weighted by Crippen LogP contribution is -2.28. The van der Waals surface area contributed by atoms with Gasteiger partial charge < -0.3 is 10.1 Å². The summed E-state index contributed by atoms with van der Waals surface area (Å²) in [6.07, 6.45) is 2.80. The minimum Gasteiger partial charge on any atom is -0.452 e. The molecule has 2 rings (SSSR count). The van der Waals surface area contributed by atoms with Gasteiger partial charge in [-0.15, -0.1) is 0 Å². The first kappa shape index (κ1) is 17.8. The van der Waals surface area contributed by atoms with Crippen LogP contribution in [0, 0.1) is 6.92 Å². The third-order valence-corrected chi connectivity index (χ3v) is 3.73. The van der Waals surface area contributed by atoms with Crippen LogP contribution >= 0.6 is 11.6 Å². The molecule has 1 amide bonds. The molecule has 0 radical (unpaired) electrons. The third kappa shape index (κ3) is 5.56. The van der Waals surface area contributed by atoms with Crippen molar-refractivity contribution in [2.45, 2.75) is 13.5 Å². The summed E-state index contributed by atoms with van der Waals surface area (Å²) in [4.78, 5) is 23.4. The molecule has 124 valence electrons. The van der Waals surface area contributed by atoms with Crippen LogP contribution in [0.15, 0.2) is 54.6 Å². The van der Waals surface area contributed by atoms with Gasteiger partial charge in [0.2, 0.25) is 0 Å². The fourth-order valence-corrected chi connectivity index (χ4v) is 2.20. The summed E-state index contributed by atoms with van der Waals surface area (Å²) in [6.45, 7) is 2.05. The first-order chi connectivity index (χ1) is 11.6. The molecule has 1 N–H and O–H groups in total. The first-order valence-corrected chi connectivity index (χ1v) is 7.84. The van der Waals surface area contributed by atoms with Gasteiger partial charge in [0.15, 0.2) is 6.61 Å². The Morgan fingerprint density at radius 1 is 1.12 bits per heavy atom. The lowest BCUT2D eigenvalue weighted by atomic mass is 10.1. The van der Waals surface area contributed by atoms with E-state index in [0.717, 1.165) is 11.1 Å². The van der Waals surface area contributed by atoms with Crippen molar-refractivity contribution < 1.29 is 14.3 Å². The molecule has 0 saturated heterocycles. The van der Waals surface area contributed by atoms with E-state index in [1.165, 1.54) is 6.08 Å². The monoisotopic (exact) mass is 343 g/mol. The number of carbonyl (C=O) groups excluding carboxylic acids is 2. The van der Waals surface area contributed by atoms with Crippen LogP contribution in [0.5, 0.6) is 0 Å². The van der Waals surface area contributed by atoms with E-state index in [-0.39, 0.29) is 12.5 Å². The second kappa shape index (κ2) is 8.89. The maximum absolute atomic E-state index is 11.7. The van der Waals surface area contributed by atoms with E-state index in [1.807, 2.05) is 37.3 Å². The molecule has 0 atom stereocenters. The molecule has 0 aliphatic rings. The second-order valence-corrected chi connectivity index (χ2v) is 5.57. The number of ether oxygens (including phenoxy) is 1. The number of hydrogen-bond acceptors (Lipinski definition) is 3. The number of aryl methyl sites for hydroxylation is 1. The van der Waals surface area contributed by atoms with Crippen LogP contribution in [0.2, 0.25) is 5.02 Å². The number of benzene rings is 2. The largest absolute Gasteiger partial charge is 0.452 e. The van der Waals surface area contributed by atoms with Crippen LogP contribution in [0.4, 0.5) is 0 Å². The zero-order chi connectivity index (χ0) is 17.4. The summed E-state index contributed by atoms with van der Waals surface area (Å²) < 4.78 is 4.90. The van der Waals surface area contributed by atoms with E-state index >= 15 is 0 Å². The number of nitrogens with one attached hydrogen (secondary N) is 1. The number of carbonyl (C=O) groups is 2. The zero-order valence-corrected chi connectivity index (χ0v) is 14.0. The highest BCUT2D eigenvalue weighted by Gasteiger charge is 2.06. The minimum absolute atomic E-state index is 0.322. The molecule has 4 nitrogen and oxygen atoms in total. The topological polar surface area (TPSA) is 55.4 Å². The molecule has 0 saturated carbocycles. The molecule has 0 bridgehead atoms. The highest BCUT2D eigenvalue weighted by atomic mass is 35.5. The second-order valence-electron chi connectivity index (χ2n) is 5.17. The summed E-state index contributed by atoms with van der Waals surface area (Å²) in [5, 5.41) is 3.26. The van der Waals surface area contributed by atoms with E-state index in [2.05, 4.69) is 5.32 Å².